The van der Waals surface area contributed by atoms with Gasteiger partial charge in [-0.3, -0.25) is 0 Å². The fourth-order valence-electron chi connectivity index (χ4n) is 1.63. The minimum atomic E-state index is -0.0904. The van der Waals surface area contributed by atoms with Crippen molar-refractivity contribution >= 4 is 15.9 Å². The largest absolute Gasteiger partial charge is 0.206 e. The van der Waals surface area contributed by atoms with E-state index in [-0.39, 0.29) is 16.1 Å². The van der Waals surface area contributed by atoms with Gasteiger partial charge in [-0.25, -0.2) is 4.39 Å². The van der Waals surface area contributed by atoms with E-state index in [0.29, 0.717) is 0 Å². The third-order valence-corrected chi connectivity index (χ3v) is 4.41. The highest BCUT2D eigenvalue weighted by molar-refractivity contribution is 9.09. The maximum absolute atomic E-state index is 13.5. The van der Waals surface area contributed by atoms with Crippen LogP contribution in [-0.2, 0) is 0 Å². The Morgan fingerprint density at radius 2 is 1.53 bits per heavy atom. The second-order valence-electron chi connectivity index (χ2n) is 5.20. The molecule has 15 heavy (non-hydrogen) atoms. The van der Waals surface area contributed by atoms with Gasteiger partial charge < -0.3 is 0 Å². The first kappa shape index (κ1) is 12.7. The van der Waals surface area contributed by atoms with E-state index in [4.69, 9.17) is 0 Å². The van der Waals surface area contributed by atoms with Gasteiger partial charge >= 0.3 is 0 Å². The van der Waals surface area contributed by atoms with Gasteiger partial charge in [-0.1, -0.05) is 48.8 Å². The van der Waals surface area contributed by atoms with Crippen LogP contribution in [0.1, 0.15) is 42.3 Å². The van der Waals surface area contributed by atoms with Crippen LogP contribution in [-0.4, -0.2) is 0 Å². The second kappa shape index (κ2) is 4.25. The van der Waals surface area contributed by atoms with Crippen molar-refractivity contribution in [2.75, 3.05) is 0 Å². The standard InChI is InChI=1S/C13H18BrF/c1-8-6-10(7-9(2)11(8)15)12(14)13(3,4)5/h6-7,12H,1-5H3. The SMILES string of the molecule is Cc1cc(C(Br)C(C)(C)C)cc(C)c1F. The molecule has 0 aliphatic carbocycles. The van der Waals surface area contributed by atoms with Crippen LogP contribution in [0.15, 0.2) is 12.1 Å². The molecule has 0 spiro atoms. The van der Waals surface area contributed by atoms with E-state index in [0.717, 1.165) is 16.7 Å². The van der Waals surface area contributed by atoms with E-state index in [9.17, 15) is 4.39 Å². The van der Waals surface area contributed by atoms with Gasteiger partial charge in [0.2, 0.25) is 0 Å². The number of hydrogen-bond donors (Lipinski definition) is 0. The van der Waals surface area contributed by atoms with E-state index >= 15 is 0 Å². The molecule has 1 atom stereocenters. The lowest BCUT2D eigenvalue weighted by atomic mass is 9.87. The van der Waals surface area contributed by atoms with E-state index in [1.165, 1.54) is 0 Å². The molecule has 0 aromatic heterocycles. The summed E-state index contributed by atoms with van der Waals surface area (Å²) in [6.07, 6.45) is 0. The Kier molecular flexibility index (Phi) is 3.59. The van der Waals surface area contributed by atoms with Gasteiger partial charge in [0.15, 0.2) is 0 Å². The fraction of sp³-hybridized carbons (Fsp3) is 0.538. The van der Waals surface area contributed by atoms with Crippen LogP contribution >= 0.6 is 15.9 Å². The first-order valence-electron chi connectivity index (χ1n) is 5.14. The van der Waals surface area contributed by atoms with Crippen molar-refractivity contribution in [2.24, 2.45) is 5.41 Å². The zero-order valence-corrected chi connectivity index (χ0v) is 11.6. The van der Waals surface area contributed by atoms with Gasteiger partial charge in [0.1, 0.15) is 5.82 Å². The molecule has 0 saturated carbocycles. The molecular formula is C13H18BrF. The zero-order chi connectivity index (χ0) is 11.8. The molecule has 1 aromatic carbocycles. The Hall–Kier alpha value is -0.370. The molecule has 0 fully saturated rings. The average molecular weight is 273 g/mol. The van der Waals surface area contributed by atoms with Gasteiger partial charge in [0.05, 0.1) is 0 Å². The molecule has 1 aromatic rings. The van der Waals surface area contributed by atoms with E-state index in [1.54, 1.807) is 0 Å². The van der Waals surface area contributed by atoms with E-state index < -0.39 is 0 Å². The van der Waals surface area contributed by atoms with Gasteiger partial charge in [-0.15, -0.1) is 0 Å². The maximum atomic E-state index is 13.5. The smallest absolute Gasteiger partial charge is 0.129 e. The Morgan fingerprint density at radius 1 is 1.13 bits per heavy atom. The molecule has 0 radical (unpaired) electrons. The summed E-state index contributed by atoms with van der Waals surface area (Å²) in [5.41, 5.74) is 2.73. The molecule has 2 heteroatoms. The number of aryl methyl sites for hydroxylation is 2. The lowest BCUT2D eigenvalue weighted by Gasteiger charge is -2.26. The van der Waals surface area contributed by atoms with Crippen molar-refractivity contribution in [3.63, 3.8) is 0 Å². The van der Waals surface area contributed by atoms with Crippen molar-refractivity contribution in [3.8, 4) is 0 Å². The highest BCUT2D eigenvalue weighted by atomic mass is 79.9. The third-order valence-electron chi connectivity index (χ3n) is 2.51. The summed E-state index contributed by atoms with van der Waals surface area (Å²) in [6, 6.07) is 3.85. The van der Waals surface area contributed by atoms with Gasteiger partial charge in [0.25, 0.3) is 0 Å². The first-order valence-corrected chi connectivity index (χ1v) is 6.05. The molecule has 84 valence electrons. The minimum absolute atomic E-state index is 0.0904. The van der Waals surface area contributed by atoms with Crippen molar-refractivity contribution < 1.29 is 4.39 Å². The molecule has 0 amide bonds. The summed E-state index contributed by atoms with van der Waals surface area (Å²) in [4.78, 5) is 0.253. The molecule has 0 N–H and O–H groups in total. The number of alkyl halides is 1. The van der Waals surface area contributed by atoms with Crippen molar-refractivity contribution in [1.29, 1.82) is 0 Å². The summed E-state index contributed by atoms with van der Waals surface area (Å²) >= 11 is 3.68. The molecule has 0 heterocycles. The van der Waals surface area contributed by atoms with E-state index in [1.807, 2.05) is 26.0 Å². The van der Waals surface area contributed by atoms with Crippen LogP contribution in [0.5, 0.6) is 0 Å². The number of rotatable bonds is 1. The Balaban J connectivity index is 3.17. The number of hydrogen-bond acceptors (Lipinski definition) is 0. The highest BCUT2D eigenvalue weighted by Gasteiger charge is 2.24. The van der Waals surface area contributed by atoms with Gasteiger partial charge in [0, 0.05) is 4.83 Å². The summed E-state index contributed by atoms with van der Waals surface area (Å²) in [5, 5.41) is 0. The zero-order valence-electron chi connectivity index (χ0n) is 9.99. The van der Waals surface area contributed by atoms with E-state index in [2.05, 4.69) is 36.7 Å². The number of halogens is 2. The van der Waals surface area contributed by atoms with Crippen LogP contribution in [0.3, 0.4) is 0 Å². The molecule has 0 aliphatic rings. The second-order valence-corrected chi connectivity index (χ2v) is 6.11. The molecule has 1 rings (SSSR count). The predicted molar refractivity (Wildman–Crippen MR) is 67.0 cm³/mol. The Bertz CT molecular complexity index is 340. The summed E-state index contributed by atoms with van der Waals surface area (Å²) < 4.78 is 13.5. The molecule has 1 unspecified atom stereocenters. The molecule has 0 bridgehead atoms. The van der Waals surface area contributed by atoms with Crippen LogP contribution in [0.4, 0.5) is 4.39 Å². The number of benzene rings is 1. The van der Waals surface area contributed by atoms with Crippen LogP contribution in [0, 0.1) is 25.1 Å². The fourth-order valence-corrected chi connectivity index (χ4v) is 1.89. The lowest BCUT2D eigenvalue weighted by Crippen LogP contribution is -2.13. The van der Waals surface area contributed by atoms with Crippen molar-refractivity contribution in [3.05, 3.63) is 34.6 Å². The normalized spacial score (nSPS) is 14.1. The van der Waals surface area contributed by atoms with Crippen LogP contribution < -0.4 is 0 Å². The lowest BCUT2D eigenvalue weighted by molar-refractivity contribution is 0.406. The average Bonchev–Trinajstić information content (AvgIpc) is 2.10. The topological polar surface area (TPSA) is 0 Å². The van der Waals surface area contributed by atoms with Crippen molar-refractivity contribution in [1.82, 2.24) is 0 Å². The van der Waals surface area contributed by atoms with Gasteiger partial charge in [-0.05, 0) is 36.0 Å². The summed E-state index contributed by atoms with van der Waals surface area (Å²) in [5.74, 6) is -0.0904. The first-order chi connectivity index (χ1) is 6.73. The maximum Gasteiger partial charge on any atom is 0.129 e. The Morgan fingerprint density at radius 3 is 1.87 bits per heavy atom. The van der Waals surface area contributed by atoms with Crippen molar-refractivity contribution in [2.45, 2.75) is 39.4 Å². The summed E-state index contributed by atoms with van der Waals surface area (Å²) in [7, 11) is 0. The molecule has 0 aliphatic heterocycles. The third kappa shape index (κ3) is 2.81. The summed E-state index contributed by atoms with van der Waals surface area (Å²) in [6.45, 7) is 10.1. The predicted octanol–water partition coefficient (Wildman–Crippen LogP) is 4.92. The molecule has 0 nitrogen and oxygen atoms in total. The molecular weight excluding hydrogens is 255 g/mol. The van der Waals surface area contributed by atoms with Gasteiger partial charge in [-0.2, -0.15) is 0 Å². The quantitative estimate of drug-likeness (QED) is 0.637. The monoisotopic (exact) mass is 272 g/mol. The van der Waals surface area contributed by atoms with Crippen LogP contribution in [0.2, 0.25) is 0 Å². The van der Waals surface area contributed by atoms with Crippen LogP contribution in [0.25, 0.3) is 0 Å². The highest BCUT2D eigenvalue weighted by Crippen LogP contribution is 2.40. The molecule has 0 saturated heterocycles. The minimum Gasteiger partial charge on any atom is -0.206 e. The Labute approximate surface area is 100 Å².